The van der Waals surface area contributed by atoms with Gasteiger partial charge in [-0.1, -0.05) is 51.5 Å². The monoisotopic (exact) mass is 274 g/mol. The lowest BCUT2D eigenvalue weighted by atomic mass is 9.99. The molecule has 1 aliphatic rings. The van der Waals surface area contributed by atoms with Crippen LogP contribution < -0.4 is 10.6 Å². The van der Waals surface area contributed by atoms with Gasteiger partial charge in [0.25, 0.3) is 0 Å². The molecule has 0 amide bonds. The molecule has 2 nitrogen and oxygen atoms in total. The van der Waals surface area contributed by atoms with E-state index in [1.807, 2.05) is 6.07 Å². The number of fused-ring (bicyclic) bond motifs is 1. The number of hydrogen-bond acceptors (Lipinski definition) is 2. The van der Waals surface area contributed by atoms with Gasteiger partial charge in [-0.05, 0) is 37.0 Å². The van der Waals surface area contributed by atoms with Crippen molar-refractivity contribution in [1.29, 1.82) is 0 Å². The van der Waals surface area contributed by atoms with Crippen LogP contribution in [0.3, 0.4) is 0 Å². The van der Waals surface area contributed by atoms with Gasteiger partial charge in [-0.15, -0.1) is 0 Å². The van der Waals surface area contributed by atoms with Gasteiger partial charge in [0.2, 0.25) is 0 Å². The summed E-state index contributed by atoms with van der Waals surface area (Å²) >= 11 is 0. The summed E-state index contributed by atoms with van der Waals surface area (Å²) in [5.74, 6) is 0. The second kappa shape index (κ2) is 8.18. The Labute approximate surface area is 124 Å². The molecule has 1 aromatic carbocycles. The second-order valence-corrected chi connectivity index (χ2v) is 6.06. The van der Waals surface area contributed by atoms with Crippen molar-refractivity contribution in [2.24, 2.45) is 0 Å². The number of nitrogens with two attached hydrogens (primary N) is 1. The minimum atomic E-state index is 0.978. The summed E-state index contributed by atoms with van der Waals surface area (Å²) in [7, 11) is 0. The molecule has 0 radical (unpaired) electrons. The summed E-state index contributed by atoms with van der Waals surface area (Å²) < 4.78 is 0. The van der Waals surface area contributed by atoms with Crippen molar-refractivity contribution in [2.75, 3.05) is 23.7 Å². The molecule has 0 aromatic heterocycles. The van der Waals surface area contributed by atoms with Crippen LogP contribution in [0.25, 0.3) is 0 Å². The van der Waals surface area contributed by atoms with Gasteiger partial charge in [0, 0.05) is 24.5 Å². The van der Waals surface area contributed by atoms with Crippen LogP contribution in [0.4, 0.5) is 11.4 Å². The average Bonchev–Trinajstić information content (AvgIpc) is 2.47. The average molecular weight is 274 g/mol. The lowest BCUT2D eigenvalue weighted by Gasteiger charge is -2.32. The Morgan fingerprint density at radius 2 is 1.80 bits per heavy atom. The van der Waals surface area contributed by atoms with Gasteiger partial charge < -0.3 is 10.6 Å². The number of benzene rings is 1. The summed E-state index contributed by atoms with van der Waals surface area (Å²) in [5.41, 5.74) is 9.85. The maximum Gasteiger partial charge on any atom is 0.0419 e. The van der Waals surface area contributed by atoms with E-state index in [9.17, 15) is 0 Å². The topological polar surface area (TPSA) is 29.3 Å². The first-order valence-corrected chi connectivity index (χ1v) is 8.45. The van der Waals surface area contributed by atoms with E-state index >= 15 is 0 Å². The number of rotatable bonds is 8. The zero-order chi connectivity index (χ0) is 14.2. The number of unbranched alkanes of at least 4 members (excludes halogenated alkanes) is 6. The molecule has 0 aliphatic carbocycles. The molecule has 2 rings (SSSR count). The quantitative estimate of drug-likeness (QED) is 0.546. The van der Waals surface area contributed by atoms with Gasteiger partial charge in [-0.2, -0.15) is 0 Å². The lowest BCUT2D eigenvalue weighted by Crippen LogP contribution is -2.30. The highest BCUT2D eigenvalue weighted by molar-refractivity contribution is 5.66. The highest BCUT2D eigenvalue weighted by atomic mass is 15.1. The van der Waals surface area contributed by atoms with Crippen molar-refractivity contribution in [1.82, 2.24) is 0 Å². The molecular formula is C18H30N2. The highest BCUT2D eigenvalue weighted by Gasteiger charge is 2.17. The maximum atomic E-state index is 6.10. The molecule has 20 heavy (non-hydrogen) atoms. The van der Waals surface area contributed by atoms with E-state index in [0.717, 1.165) is 12.1 Å². The molecular weight excluding hydrogens is 244 g/mol. The van der Waals surface area contributed by atoms with E-state index in [4.69, 9.17) is 5.73 Å². The van der Waals surface area contributed by atoms with Crippen LogP contribution in [-0.4, -0.2) is 13.1 Å². The largest absolute Gasteiger partial charge is 0.398 e. The van der Waals surface area contributed by atoms with E-state index in [2.05, 4.69) is 24.0 Å². The molecule has 112 valence electrons. The van der Waals surface area contributed by atoms with Crippen molar-refractivity contribution < 1.29 is 0 Å². The Kier molecular flexibility index (Phi) is 6.23. The SMILES string of the molecule is CCCCCCCCCN1CCCc2c(N)cccc21. The predicted octanol–water partition coefficient (Wildman–Crippen LogP) is 4.77. The van der Waals surface area contributed by atoms with E-state index in [-0.39, 0.29) is 0 Å². The predicted molar refractivity (Wildman–Crippen MR) is 89.4 cm³/mol. The third-order valence-corrected chi connectivity index (χ3v) is 4.41. The fourth-order valence-electron chi connectivity index (χ4n) is 3.22. The van der Waals surface area contributed by atoms with Crippen molar-refractivity contribution in [3.05, 3.63) is 23.8 Å². The van der Waals surface area contributed by atoms with Gasteiger partial charge in [-0.3, -0.25) is 0 Å². The van der Waals surface area contributed by atoms with E-state index in [1.165, 1.54) is 75.7 Å². The third-order valence-electron chi connectivity index (χ3n) is 4.41. The van der Waals surface area contributed by atoms with E-state index < -0.39 is 0 Å². The molecule has 1 aliphatic heterocycles. The molecule has 1 heterocycles. The van der Waals surface area contributed by atoms with Crippen LogP contribution in [0.1, 0.15) is 63.9 Å². The van der Waals surface area contributed by atoms with Gasteiger partial charge in [-0.25, -0.2) is 0 Å². The molecule has 0 spiro atoms. The van der Waals surface area contributed by atoms with Crippen molar-refractivity contribution in [3.63, 3.8) is 0 Å². The normalized spacial score (nSPS) is 14.3. The van der Waals surface area contributed by atoms with Gasteiger partial charge in [0.05, 0.1) is 0 Å². The van der Waals surface area contributed by atoms with Crippen LogP contribution in [0.2, 0.25) is 0 Å². The van der Waals surface area contributed by atoms with Gasteiger partial charge >= 0.3 is 0 Å². The molecule has 1 aromatic rings. The minimum absolute atomic E-state index is 0.978. The van der Waals surface area contributed by atoms with Crippen molar-refractivity contribution >= 4 is 11.4 Å². The Morgan fingerprint density at radius 1 is 1.05 bits per heavy atom. The van der Waals surface area contributed by atoms with Crippen LogP contribution in [0.15, 0.2) is 18.2 Å². The Balaban J connectivity index is 1.74. The Morgan fingerprint density at radius 3 is 2.60 bits per heavy atom. The molecule has 0 bridgehead atoms. The summed E-state index contributed by atoms with van der Waals surface area (Å²) in [6.45, 7) is 4.68. The fourth-order valence-corrected chi connectivity index (χ4v) is 3.22. The van der Waals surface area contributed by atoms with Crippen molar-refractivity contribution in [3.8, 4) is 0 Å². The number of hydrogen-bond donors (Lipinski definition) is 1. The number of nitrogen functional groups attached to an aromatic ring is 1. The zero-order valence-corrected chi connectivity index (χ0v) is 13.0. The van der Waals surface area contributed by atoms with Crippen LogP contribution >= 0.6 is 0 Å². The molecule has 0 saturated heterocycles. The van der Waals surface area contributed by atoms with Gasteiger partial charge in [0.15, 0.2) is 0 Å². The lowest BCUT2D eigenvalue weighted by molar-refractivity contribution is 0.576. The second-order valence-electron chi connectivity index (χ2n) is 6.06. The molecule has 2 N–H and O–H groups in total. The van der Waals surface area contributed by atoms with Gasteiger partial charge in [0.1, 0.15) is 0 Å². The molecule has 0 atom stereocenters. The molecule has 0 unspecified atom stereocenters. The first kappa shape index (κ1) is 15.2. The highest BCUT2D eigenvalue weighted by Crippen LogP contribution is 2.31. The van der Waals surface area contributed by atoms with Crippen LogP contribution in [0.5, 0.6) is 0 Å². The summed E-state index contributed by atoms with van der Waals surface area (Å²) in [4.78, 5) is 2.54. The first-order valence-electron chi connectivity index (χ1n) is 8.45. The molecule has 0 saturated carbocycles. The summed E-state index contributed by atoms with van der Waals surface area (Å²) in [5, 5.41) is 0. The molecule has 0 fully saturated rings. The van der Waals surface area contributed by atoms with E-state index in [0.29, 0.717) is 0 Å². The standard InChI is InChI=1S/C18H30N2/c1-2-3-4-5-6-7-8-14-20-15-10-11-16-17(19)12-9-13-18(16)20/h9,12-13H,2-8,10-11,14-15,19H2,1H3. The zero-order valence-electron chi connectivity index (χ0n) is 13.0. The van der Waals surface area contributed by atoms with E-state index in [1.54, 1.807) is 0 Å². The minimum Gasteiger partial charge on any atom is -0.398 e. The van der Waals surface area contributed by atoms with Crippen LogP contribution in [-0.2, 0) is 6.42 Å². The van der Waals surface area contributed by atoms with Crippen molar-refractivity contribution in [2.45, 2.75) is 64.7 Å². The first-order chi connectivity index (χ1) is 9.83. The fraction of sp³-hybridized carbons (Fsp3) is 0.667. The van der Waals surface area contributed by atoms with Crippen LogP contribution in [0, 0.1) is 0 Å². The third kappa shape index (κ3) is 4.16. The smallest absolute Gasteiger partial charge is 0.0419 e. The Hall–Kier alpha value is -1.18. The summed E-state index contributed by atoms with van der Waals surface area (Å²) in [6, 6.07) is 6.37. The summed E-state index contributed by atoms with van der Waals surface area (Å²) in [6.07, 6.45) is 12.1. The Bertz CT molecular complexity index is 400. The number of anilines is 2. The maximum absolute atomic E-state index is 6.10. The number of nitrogens with zero attached hydrogens (tertiary/aromatic N) is 1. The molecule has 2 heteroatoms.